The molecule has 0 saturated carbocycles. The molecule has 2 aliphatic heterocycles. The van der Waals surface area contributed by atoms with Crippen LogP contribution in [0.2, 0.25) is 0 Å². The summed E-state index contributed by atoms with van der Waals surface area (Å²) >= 11 is 0. The van der Waals surface area contributed by atoms with Crippen molar-refractivity contribution in [1.29, 1.82) is 0 Å². The van der Waals surface area contributed by atoms with Gasteiger partial charge in [0.25, 0.3) is 0 Å². The van der Waals surface area contributed by atoms with Crippen molar-refractivity contribution in [3.05, 3.63) is 120 Å². The molecule has 0 aromatic carbocycles. The molecule has 0 spiro atoms. The van der Waals surface area contributed by atoms with Gasteiger partial charge < -0.3 is 44.1 Å². The number of cyclic esters (lactones) is 1. The molecule has 1 fully saturated rings. The molecule has 0 radical (unpaired) electrons. The number of allylic oxidation sites excluding steroid dienone is 15. The number of esters is 1. The highest BCUT2D eigenvalue weighted by Gasteiger charge is 2.45. The Labute approximate surface area is 354 Å². The molecule has 13 heteroatoms. The Hall–Kier alpha value is -4.44. The number of carbonyl (C=O) groups excluding carboxylic acids is 4. The fourth-order valence-corrected chi connectivity index (χ4v) is 6.22. The number of methoxy groups -OCH3 is 2. The maximum Gasteiger partial charge on any atom is 0.309 e. The molecule has 0 aliphatic carbocycles. The third-order valence-electron chi connectivity index (χ3n) is 10.2. The maximum absolute atomic E-state index is 13.1. The van der Waals surface area contributed by atoms with Gasteiger partial charge in [0.05, 0.1) is 36.9 Å². The summed E-state index contributed by atoms with van der Waals surface area (Å²) in [5, 5.41) is 43.2. The fraction of sp³-hybridized carbons (Fsp3) is 0.489. The van der Waals surface area contributed by atoms with Gasteiger partial charge in [0.15, 0.2) is 12.1 Å². The zero-order valence-corrected chi connectivity index (χ0v) is 36.1. The van der Waals surface area contributed by atoms with E-state index in [0.717, 1.165) is 0 Å². The van der Waals surface area contributed by atoms with E-state index < -0.39 is 90.6 Å². The van der Waals surface area contributed by atoms with Crippen LogP contribution in [0, 0.1) is 11.8 Å². The number of Topliss-reactive ketones (excluding diaryl/α,β-unsaturated/α-hetero) is 1. The van der Waals surface area contributed by atoms with E-state index in [1.165, 1.54) is 50.7 Å². The summed E-state index contributed by atoms with van der Waals surface area (Å²) in [6.45, 7) is 11.6. The fourth-order valence-electron chi connectivity index (χ4n) is 6.22. The van der Waals surface area contributed by atoms with Gasteiger partial charge in [-0.25, -0.2) is 0 Å². The van der Waals surface area contributed by atoms with E-state index in [0.29, 0.717) is 11.1 Å². The SMILES string of the molecule is CO[C@@H]1[C@H](O)[C@@H](OC)[C@H](O[C@@H](C)[C@@H](O)/C=C/C=C/C=C/C(=O)[C@@H](C)[C@@H](O)[C@H](C)[C@@H]2CC=CC=CC=CC(=O)C(=O)C(C)=CC=CC(C)=C[C@@H](O)C(C)=CCC(=O)O2)O[C@@H]1C. The Morgan fingerprint density at radius 1 is 0.883 bits per heavy atom. The molecule has 2 heterocycles. The minimum Gasteiger partial charge on any atom is -0.461 e. The molecule has 4 N–H and O–H groups in total. The lowest BCUT2D eigenvalue weighted by Gasteiger charge is -2.43. The predicted octanol–water partition coefficient (Wildman–Crippen LogP) is 5.03. The van der Waals surface area contributed by atoms with E-state index in [1.54, 1.807) is 115 Å². The first-order chi connectivity index (χ1) is 28.4. The maximum atomic E-state index is 13.1. The highest BCUT2D eigenvalue weighted by atomic mass is 16.7. The van der Waals surface area contributed by atoms with E-state index in [4.69, 9.17) is 23.7 Å². The molecule has 330 valence electrons. The van der Waals surface area contributed by atoms with E-state index in [1.807, 2.05) is 0 Å². The third kappa shape index (κ3) is 16.9. The van der Waals surface area contributed by atoms with E-state index in [-0.39, 0.29) is 24.2 Å². The lowest BCUT2D eigenvalue weighted by atomic mass is 9.85. The van der Waals surface area contributed by atoms with Crippen molar-refractivity contribution >= 4 is 23.3 Å². The van der Waals surface area contributed by atoms with Gasteiger partial charge in [-0.15, -0.1) is 0 Å². The standard InChI is InChI=1S/C47H64O13/c1-29-20-19-21-31(3)42(53)38(50)24-17-11-10-12-18-25-40(60-41(52)27-26-30(2)39(51)28-29)33(5)43(54)32(4)36(48)22-15-13-14-16-23-37(49)34(6)58-47-46(57-9)44(55)45(56-8)35(7)59-47/h10-24,26,28,32-35,37,39-40,43-47,49,51,54-55H,25,27H2,1-9H3/b11-10?,14-13+,18-12?,20-19?,22-15+,23-16+,24-17?,29-28?,30-26?,31-21?/t32-,33-,34+,35-,37+,39-,40+,43-,44+,45+,46-,47-/m1/s1. The summed E-state index contributed by atoms with van der Waals surface area (Å²) in [5.41, 5.74) is 1.45. The Balaban J connectivity index is 2.11. The predicted molar refractivity (Wildman–Crippen MR) is 228 cm³/mol. The second kappa shape index (κ2) is 26.7. The molecule has 12 atom stereocenters. The van der Waals surface area contributed by atoms with Gasteiger partial charge in [-0.1, -0.05) is 104 Å². The number of ketones is 3. The molecule has 0 aromatic heterocycles. The number of hydrogen-bond donors (Lipinski definition) is 4. The van der Waals surface area contributed by atoms with Crippen LogP contribution in [0.15, 0.2) is 120 Å². The van der Waals surface area contributed by atoms with Gasteiger partial charge in [-0.3, -0.25) is 19.2 Å². The van der Waals surface area contributed by atoms with Crippen LogP contribution in [0.3, 0.4) is 0 Å². The molecule has 0 unspecified atom stereocenters. The lowest BCUT2D eigenvalue weighted by Crippen LogP contribution is -2.59. The number of aliphatic hydroxyl groups is 4. The molecular weight excluding hydrogens is 773 g/mol. The van der Waals surface area contributed by atoms with Crippen LogP contribution in [0.5, 0.6) is 0 Å². The van der Waals surface area contributed by atoms with E-state index in [9.17, 15) is 39.6 Å². The summed E-state index contributed by atoms with van der Waals surface area (Å²) in [7, 11) is 2.89. The number of ether oxygens (including phenoxy) is 5. The molecule has 60 heavy (non-hydrogen) atoms. The normalized spacial score (nSPS) is 28.4. The van der Waals surface area contributed by atoms with Gasteiger partial charge in [-0.2, -0.15) is 0 Å². The topological polar surface area (TPSA) is 195 Å². The van der Waals surface area contributed by atoms with Crippen molar-refractivity contribution in [1.82, 2.24) is 0 Å². The molecule has 13 nitrogen and oxygen atoms in total. The zero-order chi connectivity index (χ0) is 44.9. The van der Waals surface area contributed by atoms with Crippen LogP contribution in [0.1, 0.15) is 61.3 Å². The van der Waals surface area contributed by atoms with Crippen LogP contribution in [0.4, 0.5) is 0 Å². The van der Waals surface area contributed by atoms with E-state index >= 15 is 0 Å². The summed E-state index contributed by atoms with van der Waals surface area (Å²) in [6.07, 6.45) is 17.7. The van der Waals surface area contributed by atoms with Crippen LogP contribution >= 0.6 is 0 Å². The van der Waals surface area contributed by atoms with Crippen LogP contribution < -0.4 is 0 Å². The molecule has 0 amide bonds. The third-order valence-corrected chi connectivity index (χ3v) is 10.2. The van der Waals surface area contributed by atoms with Crippen LogP contribution in [-0.4, -0.2) is 119 Å². The van der Waals surface area contributed by atoms with Gasteiger partial charge in [-0.05, 0) is 58.4 Å². The molecule has 0 bridgehead atoms. The smallest absolute Gasteiger partial charge is 0.309 e. The largest absolute Gasteiger partial charge is 0.461 e. The van der Waals surface area contributed by atoms with Crippen molar-refractivity contribution in [3.63, 3.8) is 0 Å². The Bertz CT molecular complexity index is 1740. The highest BCUT2D eigenvalue weighted by Crippen LogP contribution is 2.27. The zero-order valence-electron chi connectivity index (χ0n) is 36.1. The second-order valence-corrected chi connectivity index (χ2v) is 14.9. The number of aliphatic hydroxyl groups excluding tert-OH is 4. The van der Waals surface area contributed by atoms with Crippen molar-refractivity contribution in [2.24, 2.45) is 11.8 Å². The molecule has 0 aromatic rings. The van der Waals surface area contributed by atoms with Crippen LogP contribution in [-0.2, 0) is 42.9 Å². The van der Waals surface area contributed by atoms with Crippen molar-refractivity contribution in [3.8, 4) is 0 Å². The first kappa shape index (κ1) is 51.7. The first-order valence-electron chi connectivity index (χ1n) is 20.1. The minimum absolute atomic E-state index is 0.139. The van der Waals surface area contributed by atoms with Crippen molar-refractivity contribution < 1.29 is 63.3 Å². The average Bonchev–Trinajstić information content (AvgIpc) is 3.21. The quantitative estimate of drug-likeness (QED) is 0.0635. The Kier molecular flexibility index (Phi) is 23.0. The monoisotopic (exact) mass is 836 g/mol. The summed E-state index contributed by atoms with van der Waals surface area (Å²) in [6, 6.07) is 0. The van der Waals surface area contributed by atoms with Crippen LogP contribution in [0.25, 0.3) is 0 Å². The molecule has 2 aliphatic rings. The Morgan fingerprint density at radius 2 is 1.55 bits per heavy atom. The summed E-state index contributed by atoms with van der Waals surface area (Å²) in [4.78, 5) is 50.9. The number of rotatable bonds is 13. The number of carbonyl (C=O) groups is 4. The summed E-state index contributed by atoms with van der Waals surface area (Å²) < 4.78 is 28.2. The Morgan fingerprint density at radius 3 is 2.23 bits per heavy atom. The first-order valence-corrected chi connectivity index (χ1v) is 20.1. The van der Waals surface area contributed by atoms with Crippen molar-refractivity contribution in [2.45, 2.75) is 123 Å². The highest BCUT2D eigenvalue weighted by molar-refractivity contribution is 6.47. The molecule has 1 saturated heterocycles. The van der Waals surface area contributed by atoms with Gasteiger partial charge in [0, 0.05) is 38.0 Å². The second-order valence-electron chi connectivity index (χ2n) is 14.9. The molecular formula is C47H64O13. The minimum atomic E-state index is -1.19. The van der Waals surface area contributed by atoms with Gasteiger partial charge in [0.2, 0.25) is 11.6 Å². The van der Waals surface area contributed by atoms with Gasteiger partial charge in [0.1, 0.15) is 24.4 Å². The summed E-state index contributed by atoms with van der Waals surface area (Å²) in [5.74, 6) is -3.81. The average molecular weight is 837 g/mol. The lowest BCUT2D eigenvalue weighted by molar-refractivity contribution is -0.314. The van der Waals surface area contributed by atoms with Gasteiger partial charge >= 0.3 is 5.97 Å². The van der Waals surface area contributed by atoms with Crippen molar-refractivity contribution in [2.75, 3.05) is 14.2 Å². The van der Waals surface area contributed by atoms with E-state index in [2.05, 4.69) is 0 Å². The molecule has 2 rings (SSSR count). The number of hydrogen-bond acceptors (Lipinski definition) is 13.